The average molecular weight is 385 g/mol. The summed E-state index contributed by atoms with van der Waals surface area (Å²) in [4.78, 5) is 4.51. The van der Waals surface area contributed by atoms with Crippen LogP contribution in [0.25, 0.3) is 22.6 Å². The van der Waals surface area contributed by atoms with Gasteiger partial charge in [-0.25, -0.2) is 4.98 Å². The number of hydrogen-bond acceptors (Lipinski definition) is 6. The van der Waals surface area contributed by atoms with Gasteiger partial charge in [0.15, 0.2) is 22.8 Å². The van der Waals surface area contributed by atoms with E-state index in [1.54, 1.807) is 36.4 Å². The molecule has 26 heavy (non-hydrogen) atoms. The van der Waals surface area contributed by atoms with Crippen molar-refractivity contribution < 1.29 is 9.15 Å². The fraction of sp³-hybridized carbons (Fsp3) is 0. The van der Waals surface area contributed by atoms with Crippen LogP contribution >= 0.6 is 23.2 Å². The highest BCUT2D eigenvalue weighted by Gasteiger charge is 2.24. The Morgan fingerprint density at radius 3 is 2.69 bits per heavy atom. The van der Waals surface area contributed by atoms with Crippen molar-refractivity contribution in [1.29, 1.82) is 5.41 Å². The number of rotatable bonds is 0. The fourth-order valence-electron chi connectivity index (χ4n) is 2.93. The third-order valence-corrected chi connectivity index (χ3v) is 4.88. The number of nitrogens with two attached hydrogens (primary N) is 1. The van der Waals surface area contributed by atoms with Gasteiger partial charge in [-0.2, -0.15) is 0 Å². The molecule has 0 fully saturated rings. The van der Waals surface area contributed by atoms with E-state index in [-0.39, 0.29) is 5.36 Å². The summed E-state index contributed by atoms with van der Waals surface area (Å²) in [5.74, 6) is 1.40. The van der Waals surface area contributed by atoms with E-state index in [0.717, 1.165) is 5.69 Å². The number of nitrogens with one attached hydrogen (secondary N) is 2. The molecule has 3 aliphatic rings. The van der Waals surface area contributed by atoms with Gasteiger partial charge in [-0.1, -0.05) is 23.2 Å². The highest BCUT2D eigenvalue weighted by Crippen LogP contribution is 2.43. The molecular formula is C18H10Cl2N4O2. The predicted molar refractivity (Wildman–Crippen MR) is 101 cm³/mol. The van der Waals surface area contributed by atoms with Crippen LogP contribution in [-0.2, 0) is 0 Å². The van der Waals surface area contributed by atoms with Crippen molar-refractivity contribution in [3.63, 3.8) is 0 Å². The third-order valence-electron chi connectivity index (χ3n) is 4.16. The van der Waals surface area contributed by atoms with Crippen LogP contribution in [0.4, 0.5) is 17.1 Å². The first-order valence-electron chi connectivity index (χ1n) is 7.65. The fourth-order valence-corrected chi connectivity index (χ4v) is 3.25. The number of nitrogen functional groups attached to an aromatic ring is 1. The van der Waals surface area contributed by atoms with E-state index in [2.05, 4.69) is 10.3 Å². The van der Waals surface area contributed by atoms with Crippen LogP contribution in [0.3, 0.4) is 0 Å². The van der Waals surface area contributed by atoms with Gasteiger partial charge in [-0.15, -0.1) is 0 Å². The average Bonchev–Trinajstić information content (AvgIpc) is 2.61. The summed E-state index contributed by atoms with van der Waals surface area (Å²) in [6, 6.07) is 10.2. The van der Waals surface area contributed by atoms with Crippen LogP contribution in [0, 0.1) is 5.41 Å². The van der Waals surface area contributed by atoms with Gasteiger partial charge in [0, 0.05) is 17.8 Å². The molecule has 0 spiro atoms. The van der Waals surface area contributed by atoms with Gasteiger partial charge in [-0.3, -0.25) is 5.41 Å². The minimum absolute atomic E-state index is 0.115. The zero-order chi connectivity index (χ0) is 18.0. The van der Waals surface area contributed by atoms with E-state index < -0.39 is 0 Å². The number of fused-ring (bicyclic) bond motifs is 4. The standard InChI is InChI=1S/C18H10Cl2N4O2/c19-8-4-11-14(5-9(8)20)25-15-6-12-18(16(22)17(15)24-11)26-13-2-1-7(21)3-10(13)23-12/h1-6,22-23H,21H2. The number of aromatic nitrogens is 1. The summed E-state index contributed by atoms with van der Waals surface area (Å²) < 4.78 is 11.8. The lowest BCUT2D eigenvalue weighted by molar-refractivity contribution is 0.472. The predicted octanol–water partition coefficient (Wildman–Crippen LogP) is 5.15. The summed E-state index contributed by atoms with van der Waals surface area (Å²) in [6.07, 6.45) is 0. The van der Waals surface area contributed by atoms with E-state index in [1.807, 2.05) is 0 Å². The lowest BCUT2D eigenvalue weighted by Gasteiger charge is -2.23. The molecule has 0 amide bonds. The van der Waals surface area contributed by atoms with E-state index >= 15 is 0 Å². The Kier molecular flexibility index (Phi) is 3.10. The maximum Gasteiger partial charge on any atom is 0.178 e. The van der Waals surface area contributed by atoms with Crippen LogP contribution < -0.4 is 21.1 Å². The molecule has 0 bridgehead atoms. The number of anilines is 3. The quantitative estimate of drug-likeness (QED) is 0.253. The van der Waals surface area contributed by atoms with Crippen LogP contribution in [-0.4, -0.2) is 4.98 Å². The molecular weight excluding hydrogens is 375 g/mol. The second kappa shape index (κ2) is 5.27. The maximum atomic E-state index is 8.50. The Labute approximate surface area is 157 Å². The Morgan fingerprint density at radius 2 is 1.85 bits per heavy atom. The zero-order valence-electron chi connectivity index (χ0n) is 13.1. The van der Waals surface area contributed by atoms with Crippen molar-refractivity contribution in [1.82, 2.24) is 4.98 Å². The molecule has 1 aliphatic carbocycles. The number of hydrogen-bond donors (Lipinski definition) is 3. The lowest BCUT2D eigenvalue weighted by Crippen LogP contribution is -2.16. The van der Waals surface area contributed by atoms with Gasteiger partial charge in [-0.05, 0) is 24.3 Å². The lowest BCUT2D eigenvalue weighted by atomic mass is 10.1. The number of halogens is 2. The van der Waals surface area contributed by atoms with Crippen molar-refractivity contribution in [3.8, 4) is 23.0 Å². The molecule has 4 N–H and O–H groups in total. The first-order chi connectivity index (χ1) is 12.5. The highest BCUT2D eigenvalue weighted by molar-refractivity contribution is 6.42. The summed E-state index contributed by atoms with van der Waals surface area (Å²) in [6.45, 7) is 0. The molecule has 5 rings (SSSR count). The SMILES string of the molecule is N=c1c2nc3cc(Cl)c(Cl)cc3oc-2cc2c1Oc1ccc(N)cc1N2. The van der Waals surface area contributed by atoms with Crippen LogP contribution in [0.5, 0.6) is 11.5 Å². The van der Waals surface area contributed by atoms with Gasteiger partial charge in [0.2, 0.25) is 0 Å². The molecule has 6 nitrogen and oxygen atoms in total. The molecule has 0 unspecified atom stereocenters. The molecule has 0 radical (unpaired) electrons. The Bertz CT molecular complexity index is 1250. The zero-order valence-corrected chi connectivity index (χ0v) is 14.6. The summed E-state index contributed by atoms with van der Waals surface area (Å²) in [7, 11) is 0. The van der Waals surface area contributed by atoms with E-state index in [9.17, 15) is 0 Å². The van der Waals surface area contributed by atoms with Gasteiger partial charge >= 0.3 is 0 Å². The molecule has 0 atom stereocenters. The van der Waals surface area contributed by atoms with Crippen LogP contribution in [0.2, 0.25) is 10.0 Å². The topological polar surface area (TPSA) is 97.2 Å². The summed E-state index contributed by atoms with van der Waals surface area (Å²) >= 11 is 12.1. The summed E-state index contributed by atoms with van der Waals surface area (Å²) in [5.41, 5.74) is 9.12. The van der Waals surface area contributed by atoms with Gasteiger partial charge in [0.05, 0.1) is 21.4 Å². The van der Waals surface area contributed by atoms with E-state index in [4.69, 9.17) is 43.5 Å². The maximum absolute atomic E-state index is 8.50. The Balaban J connectivity index is 1.77. The number of ether oxygens (including phenoxy) is 1. The molecule has 128 valence electrons. The normalized spacial score (nSPS) is 12.4. The molecule has 0 saturated carbocycles. The molecule has 2 aromatic carbocycles. The minimum atomic E-state index is 0.115. The molecule has 2 aromatic rings. The van der Waals surface area contributed by atoms with Crippen molar-refractivity contribution >= 4 is 51.4 Å². The summed E-state index contributed by atoms with van der Waals surface area (Å²) in [5, 5.41) is 12.6. The van der Waals surface area contributed by atoms with E-state index in [1.165, 1.54) is 0 Å². The largest absolute Gasteiger partial charge is 0.453 e. The van der Waals surface area contributed by atoms with Crippen LogP contribution in [0.1, 0.15) is 0 Å². The van der Waals surface area contributed by atoms with Gasteiger partial charge in [0.1, 0.15) is 16.6 Å². The van der Waals surface area contributed by atoms with Crippen LogP contribution in [0.15, 0.2) is 40.8 Å². The molecule has 8 heteroatoms. The third kappa shape index (κ3) is 2.20. The van der Waals surface area contributed by atoms with Crippen molar-refractivity contribution in [2.45, 2.75) is 0 Å². The molecule has 0 aromatic heterocycles. The monoisotopic (exact) mass is 384 g/mol. The van der Waals surface area contributed by atoms with Crippen molar-refractivity contribution in [2.75, 3.05) is 11.1 Å². The molecule has 0 saturated heterocycles. The second-order valence-electron chi connectivity index (χ2n) is 5.91. The van der Waals surface area contributed by atoms with Crippen molar-refractivity contribution in [2.24, 2.45) is 0 Å². The second-order valence-corrected chi connectivity index (χ2v) is 6.72. The number of benzene rings is 3. The molecule has 2 aliphatic heterocycles. The molecule has 2 heterocycles. The van der Waals surface area contributed by atoms with Gasteiger partial charge < -0.3 is 20.2 Å². The van der Waals surface area contributed by atoms with E-state index in [0.29, 0.717) is 55.5 Å². The first-order valence-corrected chi connectivity index (χ1v) is 8.41. The highest BCUT2D eigenvalue weighted by atomic mass is 35.5. The first kappa shape index (κ1) is 15.3. The number of nitrogens with zero attached hydrogens (tertiary/aromatic N) is 1. The Morgan fingerprint density at radius 1 is 1.04 bits per heavy atom. The van der Waals surface area contributed by atoms with Gasteiger partial charge in [0.25, 0.3) is 0 Å². The Hall–Kier alpha value is -2.96. The minimum Gasteiger partial charge on any atom is -0.453 e. The van der Waals surface area contributed by atoms with Crippen molar-refractivity contribution in [3.05, 3.63) is 51.8 Å². The smallest absolute Gasteiger partial charge is 0.178 e.